The first-order valence-electron chi connectivity index (χ1n) is 7.75. The zero-order valence-electron chi connectivity index (χ0n) is 13.6. The molecule has 3 aromatic rings. The van der Waals surface area contributed by atoms with Crippen LogP contribution >= 0.6 is 0 Å². The van der Waals surface area contributed by atoms with Gasteiger partial charge in [0.25, 0.3) is 0 Å². The normalized spacial score (nSPS) is 19.8. The molecule has 2 aromatic carbocycles. The van der Waals surface area contributed by atoms with E-state index in [2.05, 4.69) is 0 Å². The van der Waals surface area contributed by atoms with Crippen LogP contribution in [0.1, 0.15) is 27.7 Å². The largest absolute Gasteiger partial charge is 0.494 e. The number of furan rings is 1. The summed E-state index contributed by atoms with van der Waals surface area (Å²) in [4.78, 5) is 0. The van der Waals surface area contributed by atoms with Crippen LogP contribution in [0, 0.1) is 5.82 Å². The molecule has 0 bridgehead atoms. The lowest BCUT2D eigenvalue weighted by Crippen LogP contribution is -2.41. The molecule has 0 saturated carbocycles. The highest BCUT2D eigenvalue weighted by Gasteiger charge is 2.51. The van der Waals surface area contributed by atoms with Gasteiger partial charge in [-0.3, -0.25) is 0 Å². The van der Waals surface area contributed by atoms with Crippen molar-refractivity contribution in [2.45, 2.75) is 38.9 Å². The van der Waals surface area contributed by atoms with Crippen molar-refractivity contribution >= 4 is 34.5 Å². The summed E-state index contributed by atoms with van der Waals surface area (Å²) in [6, 6.07) is 10.5. The Morgan fingerprint density at radius 2 is 1.61 bits per heavy atom. The lowest BCUT2D eigenvalue weighted by molar-refractivity contribution is 0.00578. The van der Waals surface area contributed by atoms with Gasteiger partial charge in [-0.1, -0.05) is 18.2 Å². The molecule has 23 heavy (non-hydrogen) atoms. The second-order valence-corrected chi connectivity index (χ2v) is 7.06. The van der Waals surface area contributed by atoms with E-state index in [-0.39, 0.29) is 5.82 Å². The Morgan fingerprint density at radius 3 is 2.30 bits per heavy atom. The number of rotatable bonds is 1. The molecular weight excluding hydrogens is 294 g/mol. The summed E-state index contributed by atoms with van der Waals surface area (Å²) < 4.78 is 31.9. The van der Waals surface area contributed by atoms with Gasteiger partial charge in [-0.25, -0.2) is 4.39 Å². The van der Waals surface area contributed by atoms with E-state index in [0.717, 1.165) is 10.8 Å². The molecule has 4 rings (SSSR count). The second-order valence-electron chi connectivity index (χ2n) is 7.06. The maximum absolute atomic E-state index is 14.0. The summed E-state index contributed by atoms with van der Waals surface area (Å²) in [5.41, 5.74) is 1.26. The Kier molecular flexibility index (Phi) is 2.94. The van der Waals surface area contributed by atoms with Crippen molar-refractivity contribution < 1.29 is 18.1 Å². The molecule has 0 unspecified atom stereocenters. The van der Waals surface area contributed by atoms with Crippen molar-refractivity contribution in [2.24, 2.45) is 0 Å². The van der Waals surface area contributed by atoms with E-state index < -0.39 is 18.3 Å². The minimum atomic E-state index is -0.456. The number of benzene rings is 2. The number of fused-ring (bicyclic) bond motifs is 3. The maximum atomic E-state index is 14.0. The third kappa shape index (κ3) is 2.11. The zero-order chi connectivity index (χ0) is 16.4. The van der Waals surface area contributed by atoms with Crippen LogP contribution in [0.4, 0.5) is 4.39 Å². The minimum absolute atomic E-state index is 0.273. The third-order valence-corrected chi connectivity index (χ3v) is 5.00. The van der Waals surface area contributed by atoms with Gasteiger partial charge in [0.1, 0.15) is 17.0 Å². The molecule has 2 heterocycles. The average molecular weight is 312 g/mol. The number of hydrogen-bond donors (Lipinski definition) is 0. The average Bonchev–Trinajstić information content (AvgIpc) is 2.93. The smallest absolute Gasteiger partial charge is 0.456 e. The third-order valence-electron chi connectivity index (χ3n) is 5.00. The van der Waals surface area contributed by atoms with E-state index in [1.54, 1.807) is 12.1 Å². The maximum Gasteiger partial charge on any atom is 0.494 e. The first-order chi connectivity index (χ1) is 10.8. The highest BCUT2D eigenvalue weighted by molar-refractivity contribution is 6.62. The predicted octanol–water partition coefficient (Wildman–Crippen LogP) is 4.02. The topological polar surface area (TPSA) is 31.6 Å². The van der Waals surface area contributed by atoms with Crippen LogP contribution in [0.15, 0.2) is 40.8 Å². The van der Waals surface area contributed by atoms with Crippen LogP contribution in [0.25, 0.3) is 21.9 Å². The minimum Gasteiger partial charge on any atom is -0.456 e. The molecule has 0 spiro atoms. The first kappa shape index (κ1) is 14.7. The Balaban J connectivity index is 1.82. The van der Waals surface area contributed by atoms with E-state index in [9.17, 15) is 4.39 Å². The van der Waals surface area contributed by atoms with Crippen LogP contribution in [0.2, 0.25) is 0 Å². The monoisotopic (exact) mass is 312 g/mol. The van der Waals surface area contributed by atoms with Crippen molar-refractivity contribution in [1.82, 2.24) is 0 Å². The van der Waals surface area contributed by atoms with Crippen LogP contribution in [-0.4, -0.2) is 18.3 Å². The highest BCUT2D eigenvalue weighted by Crippen LogP contribution is 2.37. The van der Waals surface area contributed by atoms with E-state index in [1.807, 2.05) is 45.9 Å². The van der Waals surface area contributed by atoms with Crippen molar-refractivity contribution in [2.75, 3.05) is 0 Å². The Labute approximate surface area is 134 Å². The molecule has 1 aliphatic rings. The van der Waals surface area contributed by atoms with E-state index in [1.165, 1.54) is 6.07 Å². The van der Waals surface area contributed by atoms with Gasteiger partial charge >= 0.3 is 7.12 Å². The molecule has 0 atom stereocenters. The van der Waals surface area contributed by atoms with Gasteiger partial charge in [-0.05, 0) is 51.4 Å². The molecule has 0 N–H and O–H groups in total. The van der Waals surface area contributed by atoms with Crippen LogP contribution in [-0.2, 0) is 9.31 Å². The van der Waals surface area contributed by atoms with Crippen molar-refractivity contribution in [3.63, 3.8) is 0 Å². The summed E-state index contributed by atoms with van der Waals surface area (Å²) in [5.74, 6) is -0.273. The number of halogens is 1. The molecule has 0 amide bonds. The molecule has 1 saturated heterocycles. The van der Waals surface area contributed by atoms with Gasteiger partial charge in [0, 0.05) is 5.39 Å². The van der Waals surface area contributed by atoms with Gasteiger partial charge in [0.05, 0.1) is 16.6 Å². The van der Waals surface area contributed by atoms with Gasteiger partial charge < -0.3 is 13.7 Å². The predicted molar refractivity (Wildman–Crippen MR) is 89.4 cm³/mol. The van der Waals surface area contributed by atoms with Crippen LogP contribution < -0.4 is 5.46 Å². The van der Waals surface area contributed by atoms with Crippen molar-refractivity contribution in [1.29, 1.82) is 0 Å². The summed E-state index contributed by atoms with van der Waals surface area (Å²) in [5, 5.41) is 1.28. The lowest BCUT2D eigenvalue weighted by Gasteiger charge is -2.32. The lowest BCUT2D eigenvalue weighted by atomic mass is 9.79. The standard InChI is InChI=1S/C18H18BFO3/c1-17(2)18(3,4)23-19(22-17)11-8-9-12-15(10-11)21-14-7-5-6-13(20)16(12)14/h5-10H,1-4H3. The Bertz CT molecular complexity index is 897. The summed E-state index contributed by atoms with van der Waals surface area (Å²) >= 11 is 0. The SMILES string of the molecule is CC1(C)OB(c2ccc3c(c2)oc2cccc(F)c23)OC1(C)C. The molecule has 5 heteroatoms. The second kappa shape index (κ2) is 4.59. The fraction of sp³-hybridized carbons (Fsp3) is 0.333. The quantitative estimate of drug-likeness (QED) is 0.636. The molecule has 118 valence electrons. The van der Waals surface area contributed by atoms with Gasteiger partial charge in [-0.15, -0.1) is 0 Å². The van der Waals surface area contributed by atoms with Crippen molar-refractivity contribution in [3.8, 4) is 0 Å². The molecule has 3 nitrogen and oxygen atoms in total. The molecule has 0 aliphatic carbocycles. The van der Waals surface area contributed by atoms with Gasteiger partial charge in [0.15, 0.2) is 0 Å². The van der Waals surface area contributed by atoms with E-state index in [4.69, 9.17) is 13.7 Å². The van der Waals surface area contributed by atoms with Crippen molar-refractivity contribution in [3.05, 3.63) is 42.2 Å². The molecule has 0 radical (unpaired) electrons. The Hall–Kier alpha value is -1.85. The van der Waals surface area contributed by atoms with Crippen LogP contribution in [0.5, 0.6) is 0 Å². The molecule has 1 fully saturated rings. The fourth-order valence-corrected chi connectivity index (χ4v) is 2.92. The first-order valence-corrected chi connectivity index (χ1v) is 7.75. The summed E-state index contributed by atoms with van der Waals surface area (Å²) in [6.07, 6.45) is 0. The van der Waals surface area contributed by atoms with E-state index in [0.29, 0.717) is 16.6 Å². The number of hydrogen-bond acceptors (Lipinski definition) is 3. The highest BCUT2D eigenvalue weighted by atomic mass is 19.1. The van der Waals surface area contributed by atoms with Gasteiger partial charge in [-0.2, -0.15) is 0 Å². The molecular formula is C18H18BFO3. The summed E-state index contributed by atoms with van der Waals surface area (Å²) in [7, 11) is -0.456. The zero-order valence-corrected chi connectivity index (χ0v) is 13.6. The Morgan fingerprint density at radius 1 is 0.913 bits per heavy atom. The molecule has 1 aliphatic heterocycles. The molecule has 1 aromatic heterocycles. The van der Waals surface area contributed by atoms with Crippen LogP contribution in [0.3, 0.4) is 0 Å². The fourth-order valence-electron chi connectivity index (χ4n) is 2.92. The van der Waals surface area contributed by atoms with Gasteiger partial charge in [0.2, 0.25) is 0 Å². The van der Waals surface area contributed by atoms with E-state index >= 15 is 0 Å². The summed E-state index contributed by atoms with van der Waals surface area (Å²) in [6.45, 7) is 8.06.